The predicted molar refractivity (Wildman–Crippen MR) is 105 cm³/mol. The fourth-order valence-corrected chi connectivity index (χ4v) is 3.81. The summed E-state index contributed by atoms with van der Waals surface area (Å²) in [6, 6.07) is 13.5. The van der Waals surface area contributed by atoms with E-state index in [0.717, 1.165) is 28.0 Å². The third-order valence-corrected chi connectivity index (χ3v) is 5.44. The Bertz CT molecular complexity index is 881. The minimum atomic E-state index is -0.237. The number of anilines is 1. The van der Waals surface area contributed by atoms with Crippen LogP contribution in [0.2, 0.25) is 0 Å². The molecule has 3 rings (SSSR count). The Hall–Kier alpha value is -2.33. The SMILES string of the molecule is CCSC1=C(c2ccc(C)cc2)C(=O)N(c2cccc(C)c2C)C1=O. The number of imide groups is 1. The zero-order valence-electron chi connectivity index (χ0n) is 14.9. The molecule has 1 aliphatic heterocycles. The molecule has 128 valence electrons. The second-order valence-corrected chi connectivity index (χ2v) is 7.44. The summed E-state index contributed by atoms with van der Waals surface area (Å²) in [5.74, 6) is 0.282. The Morgan fingerprint density at radius 3 is 2.24 bits per heavy atom. The summed E-state index contributed by atoms with van der Waals surface area (Å²) in [6.07, 6.45) is 0. The summed E-state index contributed by atoms with van der Waals surface area (Å²) in [5.41, 5.74) is 5.12. The van der Waals surface area contributed by atoms with Crippen molar-refractivity contribution in [3.63, 3.8) is 0 Å². The molecule has 3 nitrogen and oxygen atoms in total. The molecule has 0 unspecified atom stereocenters. The van der Waals surface area contributed by atoms with Crippen molar-refractivity contribution in [1.29, 1.82) is 0 Å². The predicted octanol–water partition coefficient (Wildman–Crippen LogP) is 4.65. The monoisotopic (exact) mass is 351 g/mol. The molecule has 25 heavy (non-hydrogen) atoms. The van der Waals surface area contributed by atoms with Gasteiger partial charge in [0, 0.05) is 0 Å². The number of thioether (sulfide) groups is 1. The van der Waals surface area contributed by atoms with Gasteiger partial charge in [0.1, 0.15) is 0 Å². The largest absolute Gasteiger partial charge is 0.272 e. The van der Waals surface area contributed by atoms with Gasteiger partial charge in [0.25, 0.3) is 11.8 Å². The van der Waals surface area contributed by atoms with E-state index in [1.54, 1.807) is 0 Å². The summed E-state index contributed by atoms with van der Waals surface area (Å²) in [4.78, 5) is 28.1. The first kappa shape index (κ1) is 17.5. The molecule has 2 aromatic rings. The van der Waals surface area contributed by atoms with Crippen molar-refractivity contribution in [1.82, 2.24) is 0 Å². The van der Waals surface area contributed by atoms with E-state index in [0.29, 0.717) is 16.2 Å². The van der Waals surface area contributed by atoms with Crippen LogP contribution in [0.5, 0.6) is 0 Å². The second-order valence-electron chi connectivity index (χ2n) is 6.17. The van der Waals surface area contributed by atoms with E-state index in [4.69, 9.17) is 0 Å². The highest BCUT2D eigenvalue weighted by Gasteiger charge is 2.40. The van der Waals surface area contributed by atoms with Gasteiger partial charge < -0.3 is 0 Å². The number of nitrogens with zero attached hydrogens (tertiary/aromatic N) is 1. The molecule has 0 N–H and O–H groups in total. The normalized spacial score (nSPS) is 14.6. The van der Waals surface area contributed by atoms with Crippen molar-refractivity contribution in [3.05, 3.63) is 69.6 Å². The van der Waals surface area contributed by atoms with Crippen LogP contribution in [0.3, 0.4) is 0 Å². The highest BCUT2D eigenvalue weighted by molar-refractivity contribution is 8.04. The molecule has 0 atom stereocenters. The second kappa shape index (κ2) is 6.89. The van der Waals surface area contributed by atoms with Gasteiger partial charge in [-0.05, 0) is 49.3 Å². The van der Waals surface area contributed by atoms with Crippen molar-refractivity contribution < 1.29 is 9.59 Å². The van der Waals surface area contributed by atoms with Gasteiger partial charge in [-0.15, -0.1) is 11.8 Å². The first-order valence-corrected chi connectivity index (χ1v) is 9.33. The quantitative estimate of drug-likeness (QED) is 0.753. The molecule has 0 radical (unpaired) electrons. The van der Waals surface area contributed by atoms with Crippen LogP contribution in [-0.2, 0) is 9.59 Å². The van der Waals surface area contributed by atoms with Crippen LogP contribution in [-0.4, -0.2) is 17.6 Å². The van der Waals surface area contributed by atoms with Gasteiger partial charge in [0.05, 0.1) is 16.2 Å². The van der Waals surface area contributed by atoms with E-state index < -0.39 is 0 Å². The van der Waals surface area contributed by atoms with Gasteiger partial charge in [-0.2, -0.15) is 0 Å². The molecule has 0 bridgehead atoms. The first-order chi connectivity index (χ1) is 12.0. The zero-order valence-corrected chi connectivity index (χ0v) is 15.7. The molecular formula is C21H21NO2S. The summed E-state index contributed by atoms with van der Waals surface area (Å²) >= 11 is 1.43. The fraction of sp³-hybridized carbons (Fsp3) is 0.238. The van der Waals surface area contributed by atoms with Crippen molar-refractivity contribution >= 4 is 34.8 Å². The molecule has 0 fully saturated rings. The number of benzene rings is 2. The number of hydrogen-bond acceptors (Lipinski definition) is 3. The highest BCUT2D eigenvalue weighted by Crippen LogP contribution is 2.39. The number of amides is 2. The van der Waals surface area contributed by atoms with E-state index in [-0.39, 0.29) is 11.8 Å². The lowest BCUT2D eigenvalue weighted by molar-refractivity contribution is -0.119. The molecule has 0 spiro atoms. The van der Waals surface area contributed by atoms with Crippen LogP contribution in [0.4, 0.5) is 5.69 Å². The van der Waals surface area contributed by atoms with E-state index in [1.807, 2.05) is 70.2 Å². The van der Waals surface area contributed by atoms with Gasteiger partial charge >= 0.3 is 0 Å². The zero-order chi connectivity index (χ0) is 18.1. The molecule has 1 heterocycles. The van der Waals surface area contributed by atoms with E-state index in [2.05, 4.69) is 0 Å². The highest BCUT2D eigenvalue weighted by atomic mass is 32.2. The average Bonchev–Trinajstić information content (AvgIpc) is 2.83. The Labute approximate surface area is 152 Å². The lowest BCUT2D eigenvalue weighted by Crippen LogP contribution is -2.32. The smallest absolute Gasteiger partial charge is 0.268 e. The molecule has 0 saturated carbocycles. The molecule has 2 aromatic carbocycles. The van der Waals surface area contributed by atoms with Crippen molar-refractivity contribution in [2.45, 2.75) is 27.7 Å². The average molecular weight is 351 g/mol. The molecule has 1 aliphatic rings. The maximum absolute atomic E-state index is 13.2. The number of rotatable bonds is 4. The minimum Gasteiger partial charge on any atom is -0.268 e. The van der Waals surface area contributed by atoms with Crippen molar-refractivity contribution in [2.24, 2.45) is 0 Å². The lowest BCUT2D eigenvalue weighted by atomic mass is 10.0. The fourth-order valence-electron chi connectivity index (χ4n) is 2.96. The Balaban J connectivity index is 2.13. The molecule has 4 heteroatoms. The van der Waals surface area contributed by atoms with Crippen LogP contribution in [0.15, 0.2) is 47.4 Å². The third-order valence-electron chi connectivity index (χ3n) is 4.49. The van der Waals surface area contributed by atoms with Crippen LogP contribution in [0, 0.1) is 20.8 Å². The molecular weight excluding hydrogens is 330 g/mol. The summed E-state index contributed by atoms with van der Waals surface area (Å²) in [7, 11) is 0. The van der Waals surface area contributed by atoms with Gasteiger partial charge in [-0.1, -0.05) is 48.9 Å². The van der Waals surface area contributed by atoms with Gasteiger partial charge in [0.2, 0.25) is 0 Å². The maximum atomic E-state index is 13.2. The first-order valence-electron chi connectivity index (χ1n) is 8.34. The standard InChI is InChI=1S/C21H21NO2S/c1-5-25-19-18(16-11-9-13(2)10-12-16)20(23)22(21(19)24)17-8-6-7-14(3)15(17)4/h6-12H,5H2,1-4H3. The minimum absolute atomic E-state index is 0.221. The van der Waals surface area contributed by atoms with Crippen LogP contribution in [0.1, 0.15) is 29.2 Å². The Kier molecular flexibility index (Phi) is 4.82. The summed E-state index contributed by atoms with van der Waals surface area (Å²) in [6.45, 7) is 7.92. The molecule has 0 aromatic heterocycles. The number of carbonyl (C=O) groups is 2. The van der Waals surface area contributed by atoms with E-state index in [9.17, 15) is 9.59 Å². The third kappa shape index (κ3) is 3.02. The van der Waals surface area contributed by atoms with Crippen LogP contribution >= 0.6 is 11.8 Å². The summed E-state index contributed by atoms with van der Waals surface area (Å²) < 4.78 is 0. The van der Waals surface area contributed by atoms with Crippen molar-refractivity contribution in [2.75, 3.05) is 10.7 Å². The number of carbonyl (C=O) groups excluding carboxylic acids is 2. The van der Waals surface area contributed by atoms with Crippen LogP contribution < -0.4 is 4.90 Å². The summed E-state index contributed by atoms with van der Waals surface area (Å²) in [5, 5.41) is 0. The Morgan fingerprint density at radius 2 is 1.60 bits per heavy atom. The van der Waals surface area contributed by atoms with Crippen LogP contribution in [0.25, 0.3) is 5.57 Å². The van der Waals surface area contributed by atoms with Gasteiger partial charge in [0.15, 0.2) is 0 Å². The van der Waals surface area contributed by atoms with Gasteiger partial charge in [-0.3, -0.25) is 9.59 Å². The molecule has 0 saturated heterocycles. The maximum Gasteiger partial charge on any atom is 0.272 e. The van der Waals surface area contributed by atoms with E-state index >= 15 is 0 Å². The van der Waals surface area contributed by atoms with E-state index in [1.165, 1.54) is 16.7 Å². The van der Waals surface area contributed by atoms with Gasteiger partial charge in [-0.25, -0.2) is 4.90 Å². The number of aryl methyl sites for hydroxylation is 2. The lowest BCUT2D eigenvalue weighted by Gasteiger charge is -2.19. The van der Waals surface area contributed by atoms with Crippen molar-refractivity contribution in [3.8, 4) is 0 Å². The Morgan fingerprint density at radius 1 is 0.920 bits per heavy atom. The molecule has 0 aliphatic carbocycles. The molecule has 2 amide bonds. The number of hydrogen-bond donors (Lipinski definition) is 0. The topological polar surface area (TPSA) is 37.4 Å².